The molecule has 0 saturated carbocycles. The Morgan fingerprint density at radius 2 is 1.80 bits per heavy atom. The summed E-state index contributed by atoms with van der Waals surface area (Å²) in [5.41, 5.74) is 2.13. The Morgan fingerprint density at radius 1 is 1.10 bits per heavy atom. The van der Waals surface area contributed by atoms with Crippen LogP contribution in [0.1, 0.15) is 11.1 Å². The number of benzene rings is 1. The molecular weight excluding hydrogens is 292 g/mol. The van der Waals surface area contributed by atoms with Gasteiger partial charge in [-0.3, -0.25) is 0 Å². The van der Waals surface area contributed by atoms with Gasteiger partial charge in [-0.2, -0.15) is 0 Å². The summed E-state index contributed by atoms with van der Waals surface area (Å²) in [6, 6.07) is 11.2. The SMILES string of the molecule is CN(C)Cc1ccccc1CNS(=O)(=O)c1cccs1. The highest BCUT2D eigenvalue weighted by atomic mass is 32.2. The number of hydrogen-bond acceptors (Lipinski definition) is 4. The summed E-state index contributed by atoms with van der Waals surface area (Å²) >= 11 is 1.22. The second-order valence-corrected chi connectivity index (χ2v) is 7.70. The highest BCUT2D eigenvalue weighted by molar-refractivity contribution is 7.91. The zero-order valence-electron chi connectivity index (χ0n) is 11.5. The van der Waals surface area contributed by atoms with Crippen molar-refractivity contribution in [1.29, 1.82) is 0 Å². The van der Waals surface area contributed by atoms with Gasteiger partial charge in [0.25, 0.3) is 0 Å². The fraction of sp³-hybridized carbons (Fsp3) is 0.286. The van der Waals surface area contributed by atoms with Gasteiger partial charge in [-0.05, 0) is 36.7 Å². The van der Waals surface area contributed by atoms with Gasteiger partial charge < -0.3 is 4.90 Å². The van der Waals surface area contributed by atoms with Crippen molar-refractivity contribution < 1.29 is 8.42 Å². The van der Waals surface area contributed by atoms with E-state index in [2.05, 4.69) is 9.62 Å². The minimum absolute atomic E-state index is 0.310. The van der Waals surface area contributed by atoms with E-state index in [9.17, 15) is 8.42 Å². The third kappa shape index (κ3) is 3.89. The van der Waals surface area contributed by atoms with Crippen LogP contribution in [0.2, 0.25) is 0 Å². The first-order chi connectivity index (χ1) is 9.49. The highest BCUT2D eigenvalue weighted by Gasteiger charge is 2.15. The molecule has 0 atom stereocenters. The van der Waals surface area contributed by atoms with E-state index in [0.29, 0.717) is 10.8 Å². The molecule has 0 radical (unpaired) electrons. The zero-order valence-corrected chi connectivity index (χ0v) is 13.2. The summed E-state index contributed by atoms with van der Waals surface area (Å²) in [5.74, 6) is 0. The highest BCUT2D eigenvalue weighted by Crippen LogP contribution is 2.17. The van der Waals surface area contributed by atoms with Crippen LogP contribution in [0.5, 0.6) is 0 Å². The second-order valence-electron chi connectivity index (χ2n) is 4.76. The summed E-state index contributed by atoms with van der Waals surface area (Å²) in [6.07, 6.45) is 0. The number of hydrogen-bond donors (Lipinski definition) is 1. The smallest absolute Gasteiger partial charge is 0.250 e. The molecule has 4 nitrogen and oxygen atoms in total. The van der Waals surface area contributed by atoms with Crippen LogP contribution in [0, 0.1) is 0 Å². The molecule has 108 valence electrons. The van der Waals surface area contributed by atoms with E-state index in [1.165, 1.54) is 11.3 Å². The Labute approximate surface area is 124 Å². The van der Waals surface area contributed by atoms with Crippen molar-refractivity contribution in [1.82, 2.24) is 9.62 Å². The average molecular weight is 310 g/mol. The maximum absolute atomic E-state index is 12.1. The van der Waals surface area contributed by atoms with Crippen molar-refractivity contribution in [2.75, 3.05) is 14.1 Å². The zero-order chi connectivity index (χ0) is 14.6. The van der Waals surface area contributed by atoms with Gasteiger partial charge in [-0.15, -0.1) is 11.3 Å². The molecular formula is C14H18N2O2S2. The topological polar surface area (TPSA) is 49.4 Å². The molecule has 0 spiro atoms. The van der Waals surface area contributed by atoms with Crippen molar-refractivity contribution in [2.24, 2.45) is 0 Å². The maximum Gasteiger partial charge on any atom is 0.250 e. The molecule has 0 fully saturated rings. The van der Waals surface area contributed by atoms with Crippen molar-refractivity contribution in [2.45, 2.75) is 17.3 Å². The van der Waals surface area contributed by atoms with E-state index in [0.717, 1.165) is 17.7 Å². The van der Waals surface area contributed by atoms with Crippen LogP contribution in [0.25, 0.3) is 0 Å². The Bertz CT molecular complexity index is 650. The van der Waals surface area contributed by atoms with Crippen molar-refractivity contribution >= 4 is 21.4 Å². The van der Waals surface area contributed by atoms with E-state index in [1.54, 1.807) is 17.5 Å². The Kier molecular flexibility index (Phi) is 4.93. The fourth-order valence-corrected chi connectivity index (χ4v) is 3.93. The van der Waals surface area contributed by atoms with Gasteiger partial charge in [-0.25, -0.2) is 13.1 Å². The normalized spacial score (nSPS) is 11.9. The number of rotatable bonds is 6. The quantitative estimate of drug-likeness (QED) is 0.890. The lowest BCUT2D eigenvalue weighted by molar-refractivity contribution is 0.400. The van der Waals surface area contributed by atoms with Crippen LogP contribution in [0.3, 0.4) is 0 Å². The molecule has 0 aliphatic carbocycles. The number of thiophene rings is 1. The van der Waals surface area contributed by atoms with Crippen molar-refractivity contribution in [3.05, 3.63) is 52.9 Å². The molecule has 1 heterocycles. The third-order valence-corrected chi connectivity index (χ3v) is 5.62. The molecule has 1 N–H and O–H groups in total. The summed E-state index contributed by atoms with van der Waals surface area (Å²) in [7, 11) is 0.580. The van der Waals surface area contributed by atoms with Crippen molar-refractivity contribution in [3.63, 3.8) is 0 Å². The first-order valence-electron chi connectivity index (χ1n) is 6.24. The molecule has 0 unspecified atom stereocenters. The average Bonchev–Trinajstić information content (AvgIpc) is 2.92. The molecule has 6 heteroatoms. The Morgan fingerprint density at radius 3 is 2.40 bits per heavy atom. The molecule has 2 rings (SSSR count). The summed E-state index contributed by atoms with van der Waals surface area (Å²) in [4.78, 5) is 2.06. The van der Waals surface area contributed by atoms with Crippen LogP contribution in [-0.4, -0.2) is 27.4 Å². The molecule has 20 heavy (non-hydrogen) atoms. The van der Waals surface area contributed by atoms with Crippen LogP contribution in [0.4, 0.5) is 0 Å². The van der Waals surface area contributed by atoms with Crippen LogP contribution in [0.15, 0.2) is 46.0 Å². The maximum atomic E-state index is 12.1. The molecule has 1 aromatic heterocycles. The summed E-state index contributed by atoms with van der Waals surface area (Å²) in [5, 5.41) is 1.76. The van der Waals surface area contributed by atoms with Gasteiger partial charge >= 0.3 is 0 Å². The van der Waals surface area contributed by atoms with E-state index in [4.69, 9.17) is 0 Å². The number of nitrogens with zero attached hydrogens (tertiary/aromatic N) is 1. The lowest BCUT2D eigenvalue weighted by atomic mass is 10.1. The summed E-state index contributed by atoms with van der Waals surface area (Å²) in [6.45, 7) is 1.10. The van der Waals surface area contributed by atoms with Crippen LogP contribution < -0.4 is 4.72 Å². The summed E-state index contributed by atoms with van der Waals surface area (Å²) < 4.78 is 27.2. The molecule has 1 aromatic carbocycles. The number of nitrogens with one attached hydrogen (secondary N) is 1. The Hall–Kier alpha value is -1.21. The minimum Gasteiger partial charge on any atom is -0.305 e. The standard InChI is InChI=1S/C14H18N2O2S2/c1-16(2)11-13-7-4-3-6-12(13)10-15-20(17,18)14-8-5-9-19-14/h3-9,15H,10-11H2,1-2H3. The lowest BCUT2D eigenvalue weighted by Gasteiger charge is -2.14. The minimum atomic E-state index is -3.41. The molecule has 0 bridgehead atoms. The predicted molar refractivity (Wildman–Crippen MR) is 82.2 cm³/mol. The lowest BCUT2D eigenvalue weighted by Crippen LogP contribution is -2.23. The van der Waals surface area contributed by atoms with Crippen LogP contribution in [-0.2, 0) is 23.1 Å². The fourth-order valence-electron chi connectivity index (χ4n) is 1.89. The van der Waals surface area contributed by atoms with Gasteiger partial charge in [-0.1, -0.05) is 30.3 Å². The van der Waals surface area contributed by atoms with E-state index in [-0.39, 0.29) is 0 Å². The van der Waals surface area contributed by atoms with Gasteiger partial charge in [0.2, 0.25) is 10.0 Å². The predicted octanol–water partition coefficient (Wildman–Crippen LogP) is 2.29. The van der Waals surface area contributed by atoms with E-state index < -0.39 is 10.0 Å². The first kappa shape index (κ1) is 15.2. The molecule has 0 aliphatic heterocycles. The van der Waals surface area contributed by atoms with Crippen molar-refractivity contribution in [3.8, 4) is 0 Å². The Balaban J connectivity index is 2.12. The third-order valence-electron chi connectivity index (χ3n) is 2.82. The molecule has 0 amide bonds. The largest absolute Gasteiger partial charge is 0.305 e. The second kappa shape index (κ2) is 6.49. The van der Waals surface area contributed by atoms with Gasteiger partial charge in [0.15, 0.2) is 0 Å². The van der Waals surface area contributed by atoms with E-state index >= 15 is 0 Å². The molecule has 0 aliphatic rings. The van der Waals surface area contributed by atoms with Crippen LogP contribution >= 0.6 is 11.3 Å². The van der Waals surface area contributed by atoms with Gasteiger partial charge in [0.1, 0.15) is 4.21 Å². The number of sulfonamides is 1. The van der Waals surface area contributed by atoms with Gasteiger partial charge in [0.05, 0.1) is 0 Å². The monoisotopic (exact) mass is 310 g/mol. The molecule has 2 aromatic rings. The first-order valence-corrected chi connectivity index (χ1v) is 8.60. The van der Waals surface area contributed by atoms with E-state index in [1.807, 2.05) is 38.4 Å². The van der Waals surface area contributed by atoms with Gasteiger partial charge in [0, 0.05) is 13.1 Å². The molecule has 0 saturated heterocycles.